The fraction of sp³-hybridized carbons (Fsp3) is 0.533. The first-order valence-electron chi connectivity index (χ1n) is 7.13. The summed E-state index contributed by atoms with van der Waals surface area (Å²) >= 11 is 6.11. The maximum atomic E-state index is 12.4. The summed E-state index contributed by atoms with van der Waals surface area (Å²) in [5.41, 5.74) is 0.565. The smallest absolute Gasteiger partial charge is 0.322 e. The van der Waals surface area contributed by atoms with Crippen molar-refractivity contribution in [2.45, 2.75) is 25.3 Å². The van der Waals surface area contributed by atoms with E-state index in [0.717, 1.165) is 13.0 Å². The van der Waals surface area contributed by atoms with Crippen molar-refractivity contribution in [2.24, 2.45) is 5.92 Å². The van der Waals surface area contributed by atoms with E-state index in [1.807, 2.05) is 4.90 Å². The molecule has 1 heterocycles. The number of benzene rings is 1. The first-order valence-corrected chi connectivity index (χ1v) is 7.51. The van der Waals surface area contributed by atoms with Gasteiger partial charge in [0.25, 0.3) is 0 Å². The second-order valence-electron chi connectivity index (χ2n) is 5.53. The van der Waals surface area contributed by atoms with Crippen LogP contribution in [0.25, 0.3) is 0 Å². The molecule has 0 spiro atoms. The van der Waals surface area contributed by atoms with Gasteiger partial charge in [0.05, 0.1) is 24.9 Å². The van der Waals surface area contributed by atoms with Gasteiger partial charge in [-0.15, -0.1) is 0 Å². The van der Waals surface area contributed by atoms with E-state index in [9.17, 15) is 4.79 Å². The average Bonchev–Trinajstić information content (AvgIpc) is 2.80. The lowest BCUT2D eigenvalue weighted by Crippen LogP contribution is -2.57. The Kier molecular flexibility index (Phi) is 3.85. The SMILES string of the molecule is COc1cc(OC)c(NC(=O)N2C[C@H]3CCC[C@@H]32)cc1Cl. The quantitative estimate of drug-likeness (QED) is 0.931. The number of anilines is 1. The zero-order valence-corrected chi connectivity index (χ0v) is 12.9. The minimum Gasteiger partial charge on any atom is -0.495 e. The van der Waals surface area contributed by atoms with Crippen molar-refractivity contribution in [3.63, 3.8) is 0 Å². The maximum absolute atomic E-state index is 12.4. The zero-order valence-electron chi connectivity index (χ0n) is 12.2. The second-order valence-corrected chi connectivity index (χ2v) is 5.94. The third-order valence-corrected chi connectivity index (χ3v) is 4.72. The molecule has 0 aromatic heterocycles. The van der Waals surface area contributed by atoms with Crippen molar-refractivity contribution in [3.05, 3.63) is 17.2 Å². The monoisotopic (exact) mass is 310 g/mol. The number of ether oxygens (including phenoxy) is 2. The van der Waals surface area contributed by atoms with Crippen LogP contribution in [0, 0.1) is 5.92 Å². The van der Waals surface area contributed by atoms with E-state index in [2.05, 4.69) is 5.32 Å². The molecule has 1 N–H and O–H groups in total. The minimum absolute atomic E-state index is 0.0855. The van der Waals surface area contributed by atoms with Gasteiger partial charge < -0.3 is 19.7 Å². The molecule has 1 aromatic carbocycles. The Morgan fingerprint density at radius 1 is 1.29 bits per heavy atom. The molecule has 1 saturated carbocycles. The molecular formula is C15H19ClN2O3. The highest BCUT2D eigenvalue weighted by molar-refractivity contribution is 6.32. The van der Waals surface area contributed by atoms with Gasteiger partial charge in [-0.05, 0) is 24.8 Å². The van der Waals surface area contributed by atoms with Gasteiger partial charge >= 0.3 is 6.03 Å². The van der Waals surface area contributed by atoms with Crippen LogP contribution in [0.1, 0.15) is 19.3 Å². The molecule has 2 atom stereocenters. The van der Waals surface area contributed by atoms with Gasteiger partial charge in [0, 0.05) is 18.7 Å². The van der Waals surface area contributed by atoms with Gasteiger partial charge in [0.2, 0.25) is 0 Å². The first-order chi connectivity index (χ1) is 10.1. The molecule has 0 radical (unpaired) electrons. The van der Waals surface area contributed by atoms with Crippen LogP contribution in [-0.4, -0.2) is 37.7 Å². The van der Waals surface area contributed by atoms with Crippen LogP contribution in [0.3, 0.4) is 0 Å². The molecule has 0 unspecified atom stereocenters. The van der Waals surface area contributed by atoms with Crippen LogP contribution in [0.4, 0.5) is 10.5 Å². The molecule has 5 nitrogen and oxygen atoms in total. The second kappa shape index (κ2) is 5.64. The van der Waals surface area contributed by atoms with Crippen molar-refractivity contribution >= 4 is 23.3 Å². The van der Waals surface area contributed by atoms with Crippen molar-refractivity contribution in [1.82, 2.24) is 4.90 Å². The largest absolute Gasteiger partial charge is 0.495 e. The Hall–Kier alpha value is -1.62. The third kappa shape index (κ3) is 2.50. The Morgan fingerprint density at radius 2 is 2.05 bits per heavy atom. The number of carbonyl (C=O) groups excluding carboxylic acids is 1. The van der Waals surface area contributed by atoms with Gasteiger partial charge in [-0.1, -0.05) is 18.0 Å². The fourth-order valence-electron chi connectivity index (χ4n) is 3.27. The molecule has 114 valence electrons. The number of hydrogen-bond acceptors (Lipinski definition) is 3. The highest BCUT2D eigenvalue weighted by atomic mass is 35.5. The summed E-state index contributed by atoms with van der Waals surface area (Å²) in [5.74, 6) is 1.75. The van der Waals surface area contributed by atoms with Crippen LogP contribution >= 0.6 is 11.6 Å². The molecular weight excluding hydrogens is 292 g/mol. The van der Waals surface area contributed by atoms with E-state index in [1.165, 1.54) is 12.8 Å². The Balaban J connectivity index is 1.75. The number of likely N-dealkylation sites (tertiary alicyclic amines) is 1. The number of nitrogens with one attached hydrogen (secondary N) is 1. The predicted octanol–water partition coefficient (Wildman–Crippen LogP) is 3.37. The molecule has 21 heavy (non-hydrogen) atoms. The average molecular weight is 311 g/mol. The summed E-state index contributed by atoms with van der Waals surface area (Å²) in [6, 6.07) is 3.65. The van der Waals surface area contributed by atoms with Gasteiger partial charge in [0.1, 0.15) is 11.5 Å². The molecule has 2 amide bonds. The van der Waals surface area contributed by atoms with E-state index in [4.69, 9.17) is 21.1 Å². The summed E-state index contributed by atoms with van der Waals surface area (Å²) in [6.07, 6.45) is 3.57. The Labute approximate surface area is 129 Å². The summed E-state index contributed by atoms with van der Waals surface area (Å²) in [4.78, 5) is 14.3. The molecule has 2 fully saturated rings. The summed E-state index contributed by atoms with van der Waals surface area (Å²) in [7, 11) is 3.09. The van der Waals surface area contributed by atoms with Crippen LogP contribution in [0.15, 0.2) is 12.1 Å². The highest BCUT2D eigenvalue weighted by Crippen LogP contribution is 2.40. The van der Waals surface area contributed by atoms with Gasteiger partial charge in [-0.3, -0.25) is 0 Å². The van der Waals surface area contributed by atoms with E-state index in [-0.39, 0.29) is 6.03 Å². The van der Waals surface area contributed by atoms with Gasteiger partial charge in [-0.2, -0.15) is 0 Å². The Bertz CT molecular complexity index is 564. The summed E-state index contributed by atoms with van der Waals surface area (Å²) in [6.45, 7) is 0.850. The number of hydrogen-bond donors (Lipinski definition) is 1. The first kappa shape index (κ1) is 14.3. The normalized spacial score (nSPS) is 23.3. The number of nitrogens with zero attached hydrogens (tertiary/aromatic N) is 1. The van der Waals surface area contributed by atoms with E-state index in [0.29, 0.717) is 34.2 Å². The summed E-state index contributed by atoms with van der Waals surface area (Å²) < 4.78 is 10.4. The van der Waals surface area contributed by atoms with Crippen LogP contribution in [-0.2, 0) is 0 Å². The predicted molar refractivity (Wildman–Crippen MR) is 81.4 cm³/mol. The number of urea groups is 1. The van der Waals surface area contributed by atoms with Crippen molar-refractivity contribution in [2.75, 3.05) is 26.1 Å². The van der Waals surface area contributed by atoms with Gasteiger partial charge in [0.15, 0.2) is 0 Å². The van der Waals surface area contributed by atoms with Crippen LogP contribution in [0.5, 0.6) is 11.5 Å². The molecule has 6 heteroatoms. The summed E-state index contributed by atoms with van der Waals surface area (Å²) in [5, 5.41) is 3.33. The number of rotatable bonds is 3. The number of carbonyl (C=O) groups is 1. The topological polar surface area (TPSA) is 50.8 Å². The standard InChI is InChI=1S/C15H19ClN2O3/c1-20-13-7-14(21-2)11(6-10(13)16)17-15(19)18-8-9-4-3-5-12(9)18/h6-7,9,12H,3-5,8H2,1-2H3,(H,17,19)/t9-,12+/m1/s1. The molecule has 0 bridgehead atoms. The molecule has 1 aromatic rings. The van der Waals surface area contributed by atoms with Crippen molar-refractivity contribution in [1.29, 1.82) is 0 Å². The molecule has 1 aliphatic heterocycles. The van der Waals surface area contributed by atoms with Crippen molar-refractivity contribution < 1.29 is 14.3 Å². The minimum atomic E-state index is -0.0855. The maximum Gasteiger partial charge on any atom is 0.322 e. The lowest BCUT2D eigenvalue weighted by molar-refractivity contribution is 0.0797. The number of methoxy groups -OCH3 is 2. The third-order valence-electron chi connectivity index (χ3n) is 4.43. The van der Waals surface area contributed by atoms with Crippen molar-refractivity contribution in [3.8, 4) is 11.5 Å². The molecule has 1 saturated heterocycles. The fourth-order valence-corrected chi connectivity index (χ4v) is 3.51. The Morgan fingerprint density at radius 3 is 2.71 bits per heavy atom. The number of amides is 2. The zero-order chi connectivity index (χ0) is 15.0. The number of fused-ring (bicyclic) bond motifs is 1. The number of halogens is 1. The molecule has 3 rings (SSSR count). The highest BCUT2D eigenvalue weighted by Gasteiger charge is 2.44. The lowest BCUT2D eigenvalue weighted by Gasteiger charge is -2.44. The molecule has 1 aliphatic carbocycles. The van der Waals surface area contributed by atoms with Gasteiger partial charge in [-0.25, -0.2) is 4.79 Å². The van der Waals surface area contributed by atoms with Crippen LogP contribution in [0.2, 0.25) is 5.02 Å². The van der Waals surface area contributed by atoms with E-state index in [1.54, 1.807) is 26.4 Å². The lowest BCUT2D eigenvalue weighted by atomic mass is 9.92. The van der Waals surface area contributed by atoms with E-state index >= 15 is 0 Å². The molecule has 2 aliphatic rings. The van der Waals surface area contributed by atoms with E-state index < -0.39 is 0 Å². The van der Waals surface area contributed by atoms with Crippen LogP contribution < -0.4 is 14.8 Å².